The fourth-order valence-electron chi connectivity index (χ4n) is 1.06. The highest BCUT2D eigenvalue weighted by molar-refractivity contribution is 5.79. The van der Waals surface area contributed by atoms with E-state index >= 15 is 0 Å². The molecule has 0 aromatic rings. The highest BCUT2D eigenvalue weighted by atomic mass is 16.6. The van der Waals surface area contributed by atoms with Crippen molar-refractivity contribution < 1.29 is 19.1 Å². The van der Waals surface area contributed by atoms with E-state index in [1.807, 2.05) is 20.8 Å². The van der Waals surface area contributed by atoms with Crippen LogP contribution in [0.2, 0.25) is 0 Å². The van der Waals surface area contributed by atoms with Gasteiger partial charge in [0.1, 0.15) is 0 Å². The second kappa shape index (κ2) is 6.51. The number of hydrogen-bond acceptors (Lipinski definition) is 4. The van der Waals surface area contributed by atoms with Crippen molar-refractivity contribution in [3.63, 3.8) is 0 Å². The van der Waals surface area contributed by atoms with Crippen LogP contribution in [0.4, 0.5) is 0 Å². The van der Waals surface area contributed by atoms with Crippen LogP contribution in [0, 0.1) is 5.41 Å². The van der Waals surface area contributed by atoms with Crippen molar-refractivity contribution in [2.75, 3.05) is 6.61 Å². The molecule has 0 bridgehead atoms. The Kier molecular flexibility index (Phi) is 6.08. The van der Waals surface area contributed by atoms with E-state index < -0.39 is 12.1 Å². The van der Waals surface area contributed by atoms with Gasteiger partial charge in [-0.3, -0.25) is 4.79 Å². The van der Waals surface area contributed by atoms with Crippen LogP contribution >= 0.6 is 0 Å². The van der Waals surface area contributed by atoms with E-state index in [0.717, 1.165) is 6.42 Å². The van der Waals surface area contributed by atoms with Crippen LogP contribution in [-0.2, 0) is 19.1 Å². The summed E-state index contributed by atoms with van der Waals surface area (Å²) in [5.41, 5.74) is -0.0918. The van der Waals surface area contributed by atoms with Gasteiger partial charge in [-0.1, -0.05) is 27.2 Å². The molecular formula is C12H22O4. The predicted octanol–water partition coefficient (Wildman–Crippen LogP) is 2.31. The minimum Gasteiger partial charge on any atom is -0.463 e. The van der Waals surface area contributed by atoms with Gasteiger partial charge >= 0.3 is 11.9 Å². The van der Waals surface area contributed by atoms with Crippen molar-refractivity contribution in [3.05, 3.63) is 0 Å². The van der Waals surface area contributed by atoms with E-state index in [1.54, 1.807) is 6.92 Å². The molecule has 0 fully saturated rings. The van der Waals surface area contributed by atoms with Crippen LogP contribution in [0.1, 0.15) is 47.5 Å². The molecule has 0 aliphatic heterocycles. The molecule has 0 aliphatic carbocycles. The lowest BCUT2D eigenvalue weighted by Gasteiger charge is -2.22. The maximum absolute atomic E-state index is 11.5. The molecule has 16 heavy (non-hydrogen) atoms. The van der Waals surface area contributed by atoms with Crippen LogP contribution in [0.5, 0.6) is 0 Å². The Hall–Kier alpha value is -1.06. The quantitative estimate of drug-likeness (QED) is 0.657. The zero-order valence-electron chi connectivity index (χ0n) is 10.8. The summed E-state index contributed by atoms with van der Waals surface area (Å²) < 4.78 is 9.73. The number of carbonyl (C=O) groups excluding carboxylic acids is 2. The zero-order valence-corrected chi connectivity index (χ0v) is 10.8. The largest absolute Gasteiger partial charge is 0.463 e. The summed E-state index contributed by atoms with van der Waals surface area (Å²) in [4.78, 5) is 22.7. The van der Waals surface area contributed by atoms with E-state index in [1.165, 1.54) is 6.92 Å². The summed E-state index contributed by atoms with van der Waals surface area (Å²) in [5, 5.41) is 0. The first-order chi connectivity index (χ1) is 7.32. The molecule has 1 atom stereocenters. The Balaban J connectivity index is 4.10. The number of rotatable bonds is 6. The van der Waals surface area contributed by atoms with Gasteiger partial charge in [-0.05, 0) is 19.3 Å². The van der Waals surface area contributed by atoms with Crippen molar-refractivity contribution in [2.24, 2.45) is 5.41 Å². The molecule has 0 aliphatic rings. The van der Waals surface area contributed by atoms with Gasteiger partial charge in [0.05, 0.1) is 13.0 Å². The van der Waals surface area contributed by atoms with Crippen LogP contribution in [0.15, 0.2) is 0 Å². The first kappa shape index (κ1) is 14.9. The van der Waals surface area contributed by atoms with Crippen LogP contribution in [-0.4, -0.2) is 24.6 Å². The summed E-state index contributed by atoms with van der Waals surface area (Å²) >= 11 is 0. The topological polar surface area (TPSA) is 52.6 Å². The van der Waals surface area contributed by atoms with E-state index in [-0.39, 0.29) is 11.4 Å². The molecular weight excluding hydrogens is 208 g/mol. The third kappa shape index (κ3) is 5.73. The lowest BCUT2D eigenvalue weighted by Crippen LogP contribution is -2.28. The molecule has 0 amide bonds. The third-order valence-electron chi connectivity index (χ3n) is 2.51. The van der Waals surface area contributed by atoms with Crippen molar-refractivity contribution in [1.82, 2.24) is 0 Å². The molecule has 0 aromatic heterocycles. The Morgan fingerprint density at radius 1 is 1.25 bits per heavy atom. The van der Waals surface area contributed by atoms with Crippen LogP contribution < -0.4 is 0 Å². The molecule has 1 unspecified atom stereocenters. The molecule has 0 saturated heterocycles. The van der Waals surface area contributed by atoms with Crippen LogP contribution in [0.3, 0.4) is 0 Å². The molecule has 0 spiro atoms. The molecule has 4 heteroatoms. The average Bonchev–Trinajstić information content (AvgIpc) is 2.17. The fourth-order valence-corrected chi connectivity index (χ4v) is 1.06. The van der Waals surface area contributed by atoms with Gasteiger partial charge in [-0.2, -0.15) is 0 Å². The van der Waals surface area contributed by atoms with Crippen molar-refractivity contribution >= 4 is 11.9 Å². The number of hydrogen-bond donors (Lipinski definition) is 0. The first-order valence-corrected chi connectivity index (χ1v) is 5.68. The minimum atomic E-state index is -0.819. The highest BCUT2D eigenvalue weighted by Gasteiger charge is 2.24. The normalized spacial score (nSPS) is 13.1. The Bertz CT molecular complexity index is 245. The Morgan fingerprint density at radius 2 is 1.81 bits per heavy atom. The Labute approximate surface area is 97.3 Å². The third-order valence-corrected chi connectivity index (χ3v) is 2.51. The van der Waals surface area contributed by atoms with Gasteiger partial charge in [0.2, 0.25) is 0 Å². The molecule has 0 rings (SSSR count). The highest BCUT2D eigenvalue weighted by Crippen LogP contribution is 2.24. The van der Waals surface area contributed by atoms with E-state index in [0.29, 0.717) is 13.0 Å². The molecule has 0 aromatic carbocycles. The zero-order chi connectivity index (χ0) is 12.8. The summed E-state index contributed by atoms with van der Waals surface area (Å²) in [6, 6.07) is 0. The number of esters is 2. The minimum absolute atomic E-state index is 0.0918. The summed E-state index contributed by atoms with van der Waals surface area (Å²) in [6.45, 7) is 9.53. The lowest BCUT2D eigenvalue weighted by atomic mass is 9.87. The van der Waals surface area contributed by atoms with Gasteiger partial charge in [-0.25, -0.2) is 4.79 Å². The maximum Gasteiger partial charge on any atom is 0.347 e. The van der Waals surface area contributed by atoms with Crippen molar-refractivity contribution in [2.45, 2.75) is 53.6 Å². The SMILES string of the molecule is CCOC(=O)C(C)OC(=O)CC(C)(C)CC. The van der Waals surface area contributed by atoms with E-state index in [4.69, 9.17) is 9.47 Å². The van der Waals surface area contributed by atoms with E-state index in [9.17, 15) is 9.59 Å². The summed E-state index contributed by atoms with van der Waals surface area (Å²) in [5.74, 6) is -0.849. The average molecular weight is 230 g/mol. The number of ether oxygens (including phenoxy) is 2. The molecule has 0 radical (unpaired) electrons. The number of carbonyl (C=O) groups is 2. The van der Waals surface area contributed by atoms with Crippen molar-refractivity contribution in [1.29, 1.82) is 0 Å². The lowest BCUT2D eigenvalue weighted by molar-refractivity contribution is -0.167. The Morgan fingerprint density at radius 3 is 2.25 bits per heavy atom. The molecule has 0 saturated carbocycles. The van der Waals surface area contributed by atoms with Gasteiger partial charge in [0.25, 0.3) is 0 Å². The second-order valence-electron chi connectivity index (χ2n) is 4.58. The molecule has 4 nitrogen and oxygen atoms in total. The smallest absolute Gasteiger partial charge is 0.347 e. The van der Waals surface area contributed by atoms with Gasteiger partial charge in [-0.15, -0.1) is 0 Å². The first-order valence-electron chi connectivity index (χ1n) is 5.68. The van der Waals surface area contributed by atoms with Crippen LogP contribution in [0.25, 0.3) is 0 Å². The van der Waals surface area contributed by atoms with Gasteiger partial charge in [0.15, 0.2) is 6.10 Å². The summed E-state index contributed by atoms with van der Waals surface area (Å²) in [7, 11) is 0. The van der Waals surface area contributed by atoms with Gasteiger partial charge < -0.3 is 9.47 Å². The second-order valence-corrected chi connectivity index (χ2v) is 4.58. The fraction of sp³-hybridized carbons (Fsp3) is 0.833. The van der Waals surface area contributed by atoms with Gasteiger partial charge in [0, 0.05) is 0 Å². The maximum atomic E-state index is 11.5. The predicted molar refractivity (Wildman–Crippen MR) is 60.9 cm³/mol. The van der Waals surface area contributed by atoms with E-state index in [2.05, 4.69) is 0 Å². The molecule has 94 valence electrons. The summed E-state index contributed by atoms with van der Waals surface area (Å²) in [6.07, 6.45) is 0.378. The standard InChI is InChI=1S/C12H22O4/c1-6-12(4,5)8-10(13)16-9(3)11(14)15-7-2/h9H,6-8H2,1-5H3. The molecule has 0 heterocycles. The molecule has 0 N–H and O–H groups in total. The monoisotopic (exact) mass is 230 g/mol. The van der Waals surface area contributed by atoms with Crippen molar-refractivity contribution in [3.8, 4) is 0 Å².